The Kier molecular flexibility index (Phi) is 5.58. The van der Waals surface area contributed by atoms with Gasteiger partial charge in [0.15, 0.2) is 11.6 Å². The molecule has 0 atom stereocenters. The molecule has 1 aromatic carbocycles. The van der Waals surface area contributed by atoms with Crippen LogP contribution < -0.4 is 15.5 Å². The van der Waals surface area contributed by atoms with Crippen LogP contribution in [-0.4, -0.2) is 47.4 Å². The molecule has 2 fully saturated rings. The van der Waals surface area contributed by atoms with E-state index in [2.05, 4.69) is 50.9 Å². The summed E-state index contributed by atoms with van der Waals surface area (Å²) in [6, 6.07) is 13.3. The van der Waals surface area contributed by atoms with E-state index in [1.807, 2.05) is 6.07 Å². The third-order valence-corrected chi connectivity index (χ3v) is 5.38. The summed E-state index contributed by atoms with van der Waals surface area (Å²) in [6.45, 7) is 2.04. The summed E-state index contributed by atoms with van der Waals surface area (Å²) < 4.78 is 0. The van der Waals surface area contributed by atoms with E-state index in [9.17, 15) is 5.26 Å². The number of anilines is 3. The Balaban J connectivity index is 1.56. The van der Waals surface area contributed by atoms with Crippen LogP contribution >= 0.6 is 0 Å². The van der Waals surface area contributed by atoms with Crippen LogP contribution in [0.25, 0.3) is 0 Å². The summed E-state index contributed by atoms with van der Waals surface area (Å²) in [7, 11) is 0. The maximum atomic E-state index is 9.76. The highest BCUT2D eigenvalue weighted by Gasteiger charge is 2.27. The van der Waals surface area contributed by atoms with E-state index in [1.54, 1.807) is 0 Å². The van der Waals surface area contributed by atoms with Gasteiger partial charge in [0, 0.05) is 25.7 Å². The third kappa shape index (κ3) is 4.18. The van der Waals surface area contributed by atoms with Crippen molar-refractivity contribution in [3.8, 4) is 6.07 Å². The predicted octanol–water partition coefficient (Wildman–Crippen LogP) is 2.71. The Labute approximate surface area is 165 Å². The summed E-state index contributed by atoms with van der Waals surface area (Å²) in [5.74, 6) is 2.28. The molecule has 1 saturated carbocycles. The van der Waals surface area contributed by atoms with Gasteiger partial charge in [0.05, 0.1) is 6.61 Å². The quantitative estimate of drug-likeness (QED) is 0.681. The molecule has 1 aliphatic carbocycles. The summed E-state index contributed by atoms with van der Waals surface area (Å²) in [5, 5.41) is 25.3. The van der Waals surface area contributed by atoms with Gasteiger partial charge in [-0.15, -0.1) is 0 Å². The summed E-state index contributed by atoms with van der Waals surface area (Å²) in [5.41, 5.74) is 1.83. The highest BCUT2D eigenvalue weighted by molar-refractivity contribution is 5.68. The van der Waals surface area contributed by atoms with Crippen LogP contribution in [0, 0.1) is 11.3 Å². The first-order valence-corrected chi connectivity index (χ1v) is 10.0. The van der Waals surface area contributed by atoms with Gasteiger partial charge in [-0.1, -0.05) is 30.3 Å². The average molecular weight is 378 g/mol. The number of piperidine rings is 1. The lowest BCUT2D eigenvalue weighted by Crippen LogP contribution is -2.34. The highest BCUT2D eigenvalue weighted by atomic mass is 16.3. The zero-order valence-electron chi connectivity index (χ0n) is 15.9. The standard InChI is InChI=1S/C21H26N6O/c22-14-18-19(23-10-13-28)25-21(24-17-6-7-17)26-20(18)27-11-8-16(9-12-27)15-4-2-1-3-5-15/h1-5,16-17,28H,6-13H2,(H2,23,24,25,26). The summed E-state index contributed by atoms with van der Waals surface area (Å²) in [4.78, 5) is 11.4. The molecule has 146 valence electrons. The monoisotopic (exact) mass is 378 g/mol. The van der Waals surface area contributed by atoms with Crippen molar-refractivity contribution < 1.29 is 5.11 Å². The lowest BCUT2D eigenvalue weighted by atomic mass is 9.89. The fourth-order valence-corrected chi connectivity index (χ4v) is 3.71. The van der Waals surface area contributed by atoms with E-state index in [0.29, 0.717) is 41.7 Å². The molecule has 0 bridgehead atoms. The zero-order chi connectivity index (χ0) is 19.3. The van der Waals surface area contributed by atoms with Gasteiger partial charge in [-0.3, -0.25) is 0 Å². The van der Waals surface area contributed by atoms with Crippen molar-refractivity contribution in [2.45, 2.75) is 37.6 Å². The number of aliphatic hydroxyl groups is 1. The van der Waals surface area contributed by atoms with Crippen LogP contribution in [0.15, 0.2) is 30.3 Å². The molecule has 2 heterocycles. The van der Waals surface area contributed by atoms with E-state index in [0.717, 1.165) is 38.8 Å². The van der Waals surface area contributed by atoms with Crippen molar-refractivity contribution in [2.24, 2.45) is 0 Å². The topological polar surface area (TPSA) is 97.1 Å². The molecular formula is C21H26N6O. The fourth-order valence-electron chi connectivity index (χ4n) is 3.71. The number of aromatic nitrogens is 2. The summed E-state index contributed by atoms with van der Waals surface area (Å²) in [6.07, 6.45) is 4.31. The number of nitrogens with one attached hydrogen (secondary N) is 2. The Morgan fingerprint density at radius 2 is 1.86 bits per heavy atom. The largest absolute Gasteiger partial charge is 0.395 e. The van der Waals surface area contributed by atoms with Crippen LogP contribution in [-0.2, 0) is 0 Å². The number of aliphatic hydroxyl groups excluding tert-OH is 1. The minimum atomic E-state index is -0.0158. The van der Waals surface area contributed by atoms with Crippen molar-refractivity contribution in [1.82, 2.24) is 9.97 Å². The molecule has 0 spiro atoms. The second-order valence-corrected chi connectivity index (χ2v) is 7.45. The van der Waals surface area contributed by atoms with Crippen molar-refractivity contribution in [3.05, 3.63) is 41.5 Å². The number of nitrogens with zero attached hydrogens (tertiary/aromatic N) is 4. The lowest BCUT2D eigenvalue weighted by molar-refractivity contribution is 0.311. The number of nitriles is 1. The molecule has 7 heteroatoms. The first kappa shape index (κ1) is 18.5. The molecule has 4 rings (SSSR count). The van der Waals surface area contributed by atoms with Crippen molar-refractivity contribution in [2.75, 3.05) is 41.8 Å². The molecule has 0 amide bonds. The van der Waals surface area contributed by atoms with Crippen molar-refractivity contribution in [3.63, 3.8) is 0 Å². The van der Waals surface area contributed by atoms with Gasteiger partial charge in [0.25, 0.3) is 0 Å². The van der Waals surface area contributed by atoms with Gasteiger partial charge in [0.1, 0.15) is 11.6 Å². The molecule has 2 aromatic rings. The molecule has 0 unspecified atom stereocenters. The van der Waals surface area contributed by atoms with Gasteiger partial charge in [-0.2, -0.15) is 15.2 Å². The number of hydrogen-bond acceptors (Lipinski definition) is 7. The van der Waals surface area contributed by atoms with E-state index < -0.39 is 0 Å². The molecule has 1 aromatic heterocycles. The van der Waals surface area contributed by atoms with Crippen LogP contribution in [0.1, 0.15) is 42.7 Å². The molecule has 1 saturated heterocycles. The van der Waals surface area contributed by atoms with Gasteiger partial charge in [-0.25, -0.2) is 0 Å². The van der Waals surface area contributed by atoms with Gasteiger partial charge in [-0.05, 0) is 37.2 Å². The molecule has 2 aliphatic rings. The maximum Gasteiger partial charge on any atom is 0.226 e. The number of rotatable bonds is 7. The Bertz CT molecular complexity index is 838. The minimum absolute atomic E-state index is 0.0158. The van der Waals surface area contributed by atoms with Gasteiger partial charge >= 0.3 is 0 Å². The number of hydrogen-bond donors (Lipinski definition) is 3. The van der Waals surface area contributed by atoms with Crippen LogP contribution in [0.3, 0.4) is 0 Å². The Morgan fingerprint density at radius 3 is 2.50 bits per heavy atom. The Hall–Kier alpha value is -2.85. The minimum Gasteiger partial charge on any atom is -0.395 e. The molecule has 3 N–H and O–H groups in total. The molecule has 7 nitrogen and oxygen atoms in total. The van der Waals surface area contributed by atoms with Crippen LogP contribution in [0.5, 0.6) is 0 Å². The molecular weight excluding hydrogens is 352 g/mol. The van der Waals surface area contributed by atoms with Crippen LogP contribution in [0.2, 0.25) is 0 Å². The highest BCUT2D eigenvalue weighted by Crippen LogP contribution is 2.33. The van der Waals surface area contributed by atoms with E-state index in [1.165, 1.54) is 5.56 Å². The van der Waals surface area contributed by atoms with Crippen molar-refractivity contribution in [1.29, 1.82) is 5.26 Å². The lowest BCUT2D eigenvalue weighted by Gasteiger charge is -2.33. The first-order chi connectivity index (χ1) is 13.8. The smallest absolute Gasteiger partial charge is 0.226 e. The maximum absolute atomic E-state index is 9.76. The number of benzene rings is 1. The average Bonchev–Trinajstić information content (AvgIpc) is 3.56. The molecule has 28 heavy (non-hydrogen) atoms. The molecule has 0 radical (unpaired) electrons. The van der Waals surface area contributed by atoms with E-state index in [-0.39, 0.29) is 6.61 Å². The second kappa shape index (κ2) is 8.44. The summed E-state index contributed by atoms with van der Waals surface area (Å²) >= 11 is 0. The Morgan fingerprint density at radius 1 is 1.11 bits per heavy atom. The first-order valence-electron chi connectivity index (χ1n) is 10.0. The fraction of sp³-hybridized carbons (Fsp3) is 0.476. The zero-order valence-corrected chi connectivity index (χ0v) is 15.9. The van der Waals surface area contributed by atoms with Crippen LogP contribution in [0.4, 0.5) is 17.6 Å². The second-order valence-electron chi connectivity index (χ2n) is 7.45. The van der Waals surface area contributed by atoms with Crippen molar-refractivity contribution >= 4 is 17.6 Å². The van der Waals surface area contributed by atoms with Gasteiger partial charge < -0.3 is 20.6 Å². The van der Waals surface area contributed by atoms with E-state index in [4.69, 9.17) is 10.1 Å². The third-order valence-electron chi connectivity index (χ3n) is 5.38. The SMILES string of the molecule is N#Cc1c(NCCO)nc(NC2CC2)nc1N1CCC(c2ccccc2)CC1. The van der Waals surface area contributed by atoms with Gasteiger partial charge in [0.2, 0.25) is 5.95 Å². The normalized spacial score (nSPS) is 17.2. The molecule has 1 aliphatic heterocycles. The van der Waals surface area contributed by atoms with E-state index >= 15 is 0 Å². The predicted molar refractivity (Wildman–Crippen MR) is 110 cm³/mol.